The van der Waals surface area contributed by atoms with E-state index in [1.807, 2.05) is 23.1 Å². The van der Waals surface area contributed by atoms with Crippen LogP contribution in [0.1, 0.15) is 37.8 Å². The minimum atomic E-state index is -0.191. The zero-order valence-corrected chi connectivity index (χ0v) is 15.3. The van der Waals surface area contributed by atoms with Gasteiger partial charge in [0.1, 0.15) is 0 Å². The maximum Gasteiger partial charge on any atom is 0.228 e. The van der Waals surface area contributed by atoms with Gasteiger partial charge in [-0.2, -0.15) is 0 Å². The normalized spacial score (nSPS) is 25.2. The number of carbonyl (C=O) groups is 2. The smallest absolute Gasteiger partial charge is 0.228 e. The standard InChI is InChI=1S/C20H28N4O2/c25-19-13-16(14-24(19)15-17-5-3-4-8-21-17)20(26)23-11-9-22(10-12-23)18-6-1-2-7-18/h3-5,8,16,18H,1-2,6-7,9-15H2/t16-/m1/s1. The van der Waals surface area contributed by atoms with E-state index < -0.39 is 0 Å². The Labute approximate surface area is 155 Å². The largest absolute Gasteiger partial charge is 0.340 e. The molecule has 6 nitrogen and oxygen atoms in total. The third kappa shape index (κ3) is 3.75. The molecule has 6 heteroatoms. The molecular formula is C20H28N4O2. The number of piperazine rings is 1. The molecule has 140 valence electrons. The van der Waals surface area contributed by atoms with Crippen LogP contribution >= 0.6 is 0 Å². The second-order valence-electron chi connectivity index (χ2n) is 7.80. The fourth-order valence-electron chi connectivity index (χ4n) is 4.61. The number of rotatable bonds is 4. The first-order valence-corrected chi connectivity index (χ1v) is 9.91. The first-order chi connectivity index (χ1) is 12.7. The Bertz CT molecular complexity index is 636. The van der Waals surface area contributed by atoms with E-state index in [-0.39, 0.29) is 17.7 Å². The summed E-state index contributed by atoms with van der Waals surface area (Å²) in [5, 5.41) is 0. The fourth-order valence-corrected chi connectivity index (χ4v) is 4.61. The highest BCUT2D eigenvalue weighted by molar-refractivity contribution is 5.89. The van der Waals surface area contributed by atoms with Gasteiger partial charge in [0.25, 0.3) is 0 Å². The third-order valence-electron chi connectivity index (χ3n) is 6.11. The predicted octanol–water partition coefficient (Wildman–Crippen LogP) is 1.52. The number of aromatic nitrogens is 1. The van der Waals surface area contributed by atoms with Gasteiger partial charge in [0.15, 0.2) is 0 Å². The van der Waals surface area contributed by atoms with E-state index in [4.69, 9.17) is 0 Å². The summed E-state index contributed by atoms with van der Waals surface area (Å²) in [6.45, 7) is 4.60. The van der Waals surface area contributed by atoms with Crippen LogP contribution in [0.3, 0.4) is 0 Å². The number of hydrogen-bond acceptors (Lipinski definition) is 4. The first-order valence-electron chi connectivity index (χ1n) is 9.91. The van der Waals surface area contributed by atoms with Crippen LogP contribution in [-0.4, -0.2) is 70.3 Å². The van der Waals surface area contributed by atoms with Crippen LogP contribution in [0.4, 0.5) is 0 Å². The first kappa shape index (κ1) is 17.5. The molecule has 0 N–H and O–H groups in total. The Morgan fingerprint density at radius 3 is 2.58 bits per heavy atom. The number of carbonyl (C=O) groups excluding carboxylic acids is 2. The summed E-state index contributed by atoms with van der Waals surface area (Å²) in [6, 6.07) is 6.45. The van der Waals surface area contributed by atoms with E-state index in [9.17, 15) is 9.59 Å². The molecule has 0 unspecified atom stereocenters. The third-order valence-corrected chi connectivity index (χ3v) is 6.11. The molecule has 3 aliphatic rings. The highest BCUT2D eigenvalue weighted by atomic mass is 16.2. The summed E-state index contributed by atoms with van der Waals surface area (Å²) in [5.74, 6) is 0.0378. The highest BCUT2D eigenvalue weighted by Crippen LogP contribution is 2.26. The molecule has 2 saturated heterocycles. The van der Waals surface area contributed by atoms with Crippen LogP contribution in [-0.2, 0) is 16.1 Å². The highest BCUT2D eigenvalue weighted by Gasteiger charge is 2.38. The van der Waals surface area contributed by atoms with Crippen molar-refractivity contribution >= 4 is 11.8 Å². The van der Waals surface area contributed by atoms with Crippen LogP contribution in [0.25, 0.3) is 0 Å². The van der Waals surface area contributed by atoms with Crippen molar-refractivity contribution in [2.24, 2.45) is 5.92 Å². The van der Waals surface area contributed by atoms with Crippen molar-refractivity contribution in [3.63, 3.8) is 0 Å². The van der Waals surface area contributed by atoms with E-state index in [0.717, 1.165) is 37.9 Å². The van der Waals surface area contributed by atoms with Crippen LogP contribution in [0.15, 0.2) is 24.4 Å². The Morgan fingerprint density at radius 1 is 1.12 bits per heavy atom. The lowest BCUT2D eigenvalue weighted by Crippen LogP contribution is -2.52. The average Bonchev–Trinajstić information content (AvgIpc) is 3.33. The number of nitrogens with zero attached hydrogens (tertiary/aromatic N) is 4. The van der Waals surface area contributed by atoms with Crippen molar-refractivity contribution in [2.45, 2.75) is 44.7 Å². The summed E-state index contributed by atoms with van der Waals surface area (Å²) >= 11 is 0. The molecular weight excluding hydrogens is 328 g/mol. The van der Waals surface area contributed by atoms with Crippen molar-refractivity contribution < 1.29 is 9.59 Å². The molecule has 0 spiro atoms. The summed E-state index contributed by atoms with van der Waals surface area (Å²) in [6.07, 6.45) is 7.40. The SMILES string of the molecule is O=C1C[C@@H](C(=O)N2CCN(C3CCCC3)CC2)CN1Cc1ccccn1. The minimum absolute atomic E-state index is 0.0681. The van der Waals surface area contributed by atoms with Gasteiger partial charge in [-0.1, -0.05) is 18.9 Å². The van der Waals surface area contributed by atoms with Gasteiger partial charge in [-0.05, 0) is 25.0 Å². The maximum atomic E-state index is 12.9. The predicted molar refractivity (Wildman–Crippen MR) is 98.2 cm³/mol. The van der Waals surface area contributed by atoms with E-state index in [1.165, 1.54) is 25.7 Å². The zero-order valence-electron chi connectivity index (χ0n) is 15.3. The van der Waals surface area contributed by atoms with Crippen molar-refractivity contribution in [3.8, 4) is 0 Å². The van der Waals surface area contributed by atoms with E-state index in [1.54, 1.807) is 11.1 Å². The molecule has 26 heavy (non-hydrogen) atoms. The van der Waals surface area contributed by atoms with Gasteiger partial charge >= 0.3 is 0 Å². The molecule has 0 aromatic carbocycles. The molecule has 2 amide bonds. The summed E-state index contributed by atoms with van der Waals surface area (Å²) < 4.78 is 0. The summed E-state index contributed by atoms with van der Waals surface area (Å²) in [5.41, 5.74) is 0.874. The molecule has 1 aromatic heterocycles. The van der Waals surface area contributed by atoms with Gasteiger partial charge < -0.3 is 9.80 Å². The number of pyridine rings is 1. The molecule has 2 aliphatic heterocycles. The summed E-state index contributed by atoms with van der Waals surface area (Å²) in [4.78, 5) is 35.8. The lowest BCUT2D eigenvalue weighted by atomic mass is 10.1. The minimum Gasteiger partial charge on any atom is -0.340 e. The average molecular weight is 356 g/mol. The van der Waals surface area contributed by atoms with E-state index in [0.29, 0.717) is 19.5 Å². The topological polar surface area (TPSA) is 56.8 Å². The molecule has 0 bridgehead atoms. The molecule has 0 radical (unpaired) electrons. The van der Waals surface area contributed by atoms with Crippen LogP contribution in [0.5, 0.6) is 0 Å². The Balaban J connectivity index is 1.29. The van der Waals surface area contributed by atoms with Crippen LogP contribution in [0.2, 0.25) is 0 Å². The van der Waals surface area contributed by atoms with Crippen LogP contribution in [0, 0.1) is 5.92 Å². The molecule has 3 heterocycles. The van der Waals surface area contributed by atoms with Gasteiger partial charge in [0.05, 0.1) is 18.2 Å². The van der Waals surface area contributed by atoms with Crippen LogP contribution < -0.4 is 0 Å². The molecule has 1 saturated carbocycles. The zero-order chi connectivity index (χ0) is 17.9. The van der Waals surface area contributed by atoms with Gasteiger partial charge in [-0.3, -0.25) is 19.5 Å². The number of hydrogen-bond donors (Lipinski definition) is 0. The molecule has 4 rings (SSSR count). The maximum absolute atomic E-state index is 12.9. The van der Waals surface area contributed by atoms with Crippen molar-refractivity contribution in [3.05, 3.63) is 30.1 Å². The number of likely N-dealkylation sites (tertiary alicyclic amines) is 1. The second kappa shape index (κ2) is 7.74. The van der Waals surface area contributed by atoms with Gasteiger partial charge in [-0.15, -0.1) is 0 Å². The Kier molecular flexibility index (Phi) is 5.20. The Morgan fingerprint density at radius 2 is 1.88 bits per heavy atom. The Hall–Kier alpha value is -1.95. The second-order valence-corrected chi connectivity index (χ2v) is 7.80. The van der Waals surface area contributed by atoms with Gasteiger partial charge in [0.2, 0.25) is 11.8 Å². The lowest BCUT2D eigenvalue weighted by Gasteiger charge is -2.38. The quantitative estimate of drug-likeness (QED) is 0.821. The van der Waals surface area contributed by atoms with E-state index >= 15 is 0 Å². The molecule has 3 fully saturated rings. The molecule has 1 aromatic rings. The lowest BCUT2D eigenvalue weighted by molar-refractivity contribution is -0.137. The van der Waals surface area contributed by atoms with Gasteiger partial charge in [0, 0.05) is 51.4 Å². The fraction of sp³-hybridized carbons (Fsp3) is 0.650. The van der Waals surface area contributed by atoms with Crippen molar-refractivity contribution in [2.75, 3.05) is 32.7 Å². The molecule has 1 aliphatic carbocycles. The van der Waals surface area contributed by atoms with Crippen molar-refractivity contribution in [1.29, 1.82) is 0 Å². The monoisotopic (exact) mass is 356 g/mol. The molecule has 1 atom stereocenters. The summed E-state index contributed by atoms with van der Waals surface area (Å²) in [7, 11) is 0. The van der Waals surface area contributed by atoms with E-state index in [2.05, 4.69) is 9.88 Å². The van der Waals surface area contributed by atoms with Gasteiger partial charge in [-0.25, -0.2) is 0 Å². The van der Waals surface area contributed by atoms with Crippen molar-refractivity contribution in [1.82, 2.24) is 19.7 Å². The number of amides is 2.